The van der Waals surface area contributed by atoms with Crippen LogP contribution >= 0.6 is 0 Å². The Labute approximate surface area is 194 Å². The predicted octanol–water partition coefficient (Wildman–Crippen LogP) is -3.20. The molecule has 3 rings (SSSR count). The highest BCUT2D eigenvalue weighted by molar-refractivity contribution is 5.05. The molecule has 12 heteroatoms. The van der Waals surface area contributed by atoms with Gasteiger partial charge >= 0.3 is 0 Å². The molecule has 2 fully saturated rings. The highest BCUT2D eigenvalue weighted by Gasteiger charge is 2.51. The van der Waals surface area contributed by atoms with Crippen molar-refractivity contribution in [3.63, 3.8) is 0 Å². The zero-order chi connectivity index (χ0) is 24.3. The highest BCUT2D eigenvalue weighted by atomic mass is 16.7. The normalized spacial score (nSPS) is 46.5. The topological polar surface area (TPSA) is 200 Å². The maximum atomic E-state index is 11.3. The Morgan fingerprint density at radius 1 is 1.15 bits per heavy atom. The van der Waals surface area contributed by atoms with Gasteiger partial charge in [-0.25, -0.2) is 0 Å². The van der Waals surface area contributed by atoms with Crippen LogP contribution < -0.4 is 27.8 Å². The van der Waals surface area contributed by atoms with E-state index in [4.69, 9.17) is 36.1 Å². The molecular weight excluding hydrogens is 434 g/mol. The number of nitrogens with two attached hydrogens (primary N) is 3. The first-order valence-electron chi connectivity index (χ1n) is 11.6. The minimum absolute atomic E-state index is 0.0483. The number of hydrogen-bond acceptors (Lipinski definition) is 12. The summed E-state index contributed by atoms with van der Waals surface area (Å²) in [5, 5.41) is 38.8. The molecule has 1 saturated carbocycles. The smallest absolute Gasteiger partial charge is 0.215 e. The Hall–Kier alpha value is -0.900. The molecule has 0 aromatic rings. The van der Waals surface area contributed by atoms with Gasteiger partial charge in [0.25, 0.3) is 0 Å². The predicted molar refractivity (Wildman–Crippen MR) is 120 cm³/mol. The molecule has 1 saturated heterocycles. The molecule has 12 nitrogen and oxygen atoms in total. The first-order valence-corrected chi connectivity index (χ1v) is 11.6. The molecule has 0 aromatic heterocycles. The van der Waals surface area contributed by atoms with Crippen molar-refractivity contribution in [3.8, 4) is 0 Å². The lowest BCUT2D eigenvalue weighted by Crippen LogP contribution is -2.69. The van der Waals surface area contributed by atoms with Gasteiger partial charge in [-0.2, -0.15) is 0 Å². The molecule has 1 aliphatic carbocycles. The van der Waals surface area contributed by atoms with Gasteiger partial charge in [0.2, 0.25) is 6.29 Å². The number of aliphatic hydroxyl groups is 3. The second-order valence-corrected chi connectivity index (χ2v) is 9.31. The number of likely N-dealkylation sites (N-methyl/N-ethyl adjacent to an activating group) is 2. The zero-order valence-electron chi connectivity index (χ0n) is 19.6. The van der Waals surface area contributed by atoms with Gasteiger partial charge in [0.05, 0.1) is 25.2 Å². The first-order chi connectivity index (χ1) is 15.6. The summed E-state index contributed by atoms with van der Waals surface area (Å²) in [5.41, 5.74) is 16.9. The molecule has 33 heavy (non-hydrogen) atoms. The van der Waals surface area contributed by atoms with Crippen molar-refractivity contribution in [3.05, 3.63) is 11.8 Å². The van der Waals surface area contributed by atoms with Crippen molar-refractivity contribution in [1.29, 1.82) is 0 Å². The number of ether oxygens (including phenoxy) is 4. The maximum Gasteiger partial charge on any atom is 0.215 e. The van der Waals surface area contributed by atoms with Gasteiger partial charge in [0, 0.05) is 12.1 Å². The average molecular weight is 476 g/mol. The van der Waals surface area contributed by atoms with E-state index in [0.29, 0.717) is 25.1 Å². The number of rotatable bonds is 8. The minimum atomic E-state index is -1.28. The van der Waals surface area contributed by atoms with E-state index in [9.17, 15) is 15.3 Å². The van der Waals surface area contributed by atoms with Gasteiger partial charge in [-0.15, -0.1) is 0 Å². The Balaban J connectivity index is 1.75. The van der Waals surface area contributed by atoms with E-state index < -0.39 is 60.7 Å². The molecule has 4 unspecified atom stereocenters. The summed E-state index contributed by atoms with van der Waals surface area (Å²) in [7, 11) is 1.64. The summed E-state index contributed by atoms with van der Waals surface area (Å²) in [6, 6.07) is -1.95. The van der Waals surface area contributed by atoms with E-state index in [1.165, 1.54) is 0 Å². The first kappa shape index (κ1) is 26.7. The number of hydrogen-bond donors (Lipinski definition) is 8. The SMILES string of the molecule is CCN[C@@H]1C[C@@H](N)[C@@H](O[C@H]2OC(CN)=CCC2N)C(O)C1O[C@H]1OC[C@](C)(O)[C@H](NC)C1O. The molecular formula is C21H41N5O7. The summed E-state index contributed by atoms with van der Waals surface area (Å²) in [6.45, 7) is 4.30. The van der Waals surface area contributed by atoms with Crippen LogP contribution in [0.2, 0.25) is 0 Å². The molecule has 0 radical (unpaired) electrons. The van der Waals surface area contributed by atoms with Gasteiger partial charge < -0.3 is 62.1 Å². The van der Waals surface area contributed by atoms with Crippen molar-refractivity contribution in [2.75, 3.05) is 26.7 Å². The lowest BCUT2D eigenvalue weighted by Gasteiger charge is -2.49. The second kappa shape index (κ2) is 11.2. The van der Waals surface area contributed by atoms with Crippen molar-refractivity contribution in [1.82, 2.24) is 10.6 Å². The minimum Gasteiger partial charge on any atom is -0.467 e. The van der Waals surface area contributed by atoms with Crippen LogP contribution in [0.15, 0.2) is 11.8 Å². The second-order valence-electron chi connectivity index (χ2n) is 9.31. The van der Waals surface area contributed by atoms with Crippen molar-refractivity contribution < 1.29 is 34.3 Å². The average Bonchev–Trinajstić information content (AvgIpc) is 2.76. The largest absolute Gasteiger partial charge is 0.467 e. The Morgan fingerprint density at radius 2 is 1.85 bits per heavy atom. The van der Waals surface area contributed by atoms with Gasteiger partial charge in [0.1, 0.15) is 35.8 Å². The molecule has 2 aliphatic heterocycles. The number of nitrogens with one attached hydrogen (secondary N) is 2. The van der Waals surface area contributed by atoms with Gasteiger partial charge in [-0.1, -0.05) is 6.92 Å². The van der Waals surface area contributed by atoms with Gasteiger partial charge in [-0.05, 0) is 39.4 Å². The molecule has 11 N–H and O–H groups in total. The highest BCUT2D eigenvalue weighted by Crippen LogP contribution is 2.31. The molecule has 3 aliphatic rings. The third kappa shape index (κ3) is 5.85. The van der Waals surface area contributed by atoms with Crippen molar-refractivity contribution >= 4 is 0 Å². The molecule has 0 bridgehead atoms. The molecule has 192 valence electrons. The van der Waals surface area contributed by atoms with E-state index in [1.54, 1.807) is 14.0 Å². The fraction of sp³-hybridized carbons (Fsp3) is 0.905. The van der Waals surface area contributed by atoms with Crippen LogP contribution in [0.5, 0.6) is 0 Å². The van der Waals surface area contributed by atoms with Crippen LogP contribution in [0.1, 0.15) is 26.7 Å². The molecule has 0 amide bonds. The molecule has 2 heterocycles. The number of aliphatic hydroxyl groups excluding tert-OH is 2. The molecule has 0 aromatic carbocycles. The van der Waals surface area contributed by atoms with E-state index in [0.717, 1.165) is 0 Å². The lowest BCUT2D eigenvalue weighted by molar-refractivity contribution is -0.304. The third-order valence-corrected chi connectivity index (χ3v) is 6.64. The van der Waals surface area contributed by atoms with Crippen molar-refractivity contribution in [2.45, 2.75) is 93.5 Å². The Morgan fingerprint density at radius 3 is 2.48 bits per heavy atom. The van der Waals surface area contributed by atoms with Crippen LogP contribution in [-0.2, 0) is 18.9 Å². The Kier molecular flexibility index (Phi) is 9.08. The lowest BCUT2D eigenvalue weighted by atomic mass is 9.83. The summed E-state index contributed by atoms with van der Waals surface area (Å²) in [4.78, 5) is 0. The van der Waals surface area contributed by atoms with E-state index in [-0.39, 0.29) is 19.2 Å². The quantitative estimate of drug-likeness (QED) is 0.175. The van der Waals surface area contributed by atoms with Crippen LogP contribution in [0.4, 0.5) is 0 Å². The zero-order valence-corrected chi connectivity index (χ0v) is 19.6. The summed E-state index contributed by atoms with van der Waals surface area (Å²) >= 11 is 0. The van der Waals surface area contributed by atoms with Crippen LogP contribution in [0, 0.1) is 0 Å². The summed E-state index contributed by atoms with van der Waals surface area (Å²) in [5.74, 6) is 0.572. The fourth-order valence-corrected chi connectivity index (χ4v) is 4.86. The van der Waals surface area contributed by atoms with E-state index in [1.807, 2.05) is 13.0 Å². The van der Waals surface area contributed by atoms with Gasteiger partial charge in [0.15, 0.2) is 6.29 Å². The fourth-order valence-electron chi connectivity index (χ4n) is 4.86. The van der Waals surface area contributed by atoms with E-state index >= 15 is 0 Å². The third-order valence-electron chi connectivity index (χ3n) is 6.64. The molecule has 0 spiro atoms. The Bertz CT molecular complexity index is 669. The van der Waals surface area contributed by atoms with E-state index in [2.05, 4.69) is 10.6 Å². The summed E-state index contributed by atoms with van der Waals surface area (Å²) in [6.07, 6.45) is -3.05. The van der Waals surface area contributed by atoms with Crippen LogP contribution in [0.3, 0.4) is 0 Å². The van der Waals surface area contributed by atoms with Gasteiger partial charge in [-0.3, -0.25) is 0 Å². The van der Waals surface area contributed by atoms with Crippen LogP contribution in [-0.4, -0.2) is 109 Å². The standard InChI is InChI=1S/C21H41N5O7/c1-4-26-13-7-12(24)16(32-19-11(23)6-5-10(8-22)31-19)14(27)17(13)33-20-15(28)18(25-3)21(2,29)9-30-20/h5,11-20,25-29H,4,6-9,22-24H2,1-3H3/t11?,12-,13-,14?,15?,16-,17?,18-,19-,20-,21+/m1/s1. The summed E-state index contributed by atoms with van der Waals surface area (Å²) < 4.78 is 23.6. The van der Waals surface area contributed by atoms with Crippen LogP contribution in [0.25, 0.3) is 0 Å². The van der Waals surface area contributed by atoms with Crippen molar-refractivity contribution in [2.24, 2.45) is 17.2 Å². The molecule has 11 atom stereocenters. The monoisotopic (exact) mass is 475 g/mol. The maximum absolute atomic E-state index is 11.3.